The van der Waals surface area contributed by atoms with Gasteiger partial charge in [-0.2, -0.15) is 5.26 Å². The summed E-state index contributed by atoms with van der Waals surface area (Å²) < 4.78 is 9.99. The Morgan fingerprint density at radius 2 is 2.13 bits per heavy atom. The number of esters is 1. The molecule has 0 aliphatic heterocycles. The zero-order chi connectivity index (χ0) is 11.4. The van der Waals surface area contributed by atoms with Crippen molar-refractivity contribution < 1.29 is 14.3 Å². The van der Waals surface area contributed by atoms with Crippen LogP contribution in [0, 0.1) is 11.3 Å². The summed E-state index contributed by atoms with van der Waals surface area (Å²) in [5.74, 6) is -0.177. The highest BCUT2D eigenvalue weighted by Crippen LogP contribution is 2.30. The summed E-state index contributed by atoms with van der Waals surface area (Å²) in [4.78, 5) is 11.4. The Morgan fingerprint density at radius 3 is 2.60 bits per heavy atom. The van der Waals surface area contributed by atoms with Crippen LogP contribution in [0.25, 0.3) is 0 Å². The molecule has 1 rings (SSSR count). The van der Waals surface area contributed by atoms with E-state index in [1.165, 1.54) is 14.2 Å². The number of ether oxygens (including phenoxy) is 2. The van der Waals surface area contributed by atoms with Crippen molar-refractivity contribution in [3.05, 3.63) is 27.7 Å². The number of methoxy groups -OCH3 is 2. The van der Waals surface area contributed by atoms with Crippen LogP contribution in [0.3, 0.4) is 0 Å². The Labute approximate surface area is 95.5 Å². The van der Waals surface area contributed by atoms with Crippen LogP contribution in [-0.4, -0.2) is 20.2 Å². The van der Waals surface area contributed by atoms with Crippen molar-refractivity contribution in [2.45, 2.75) is 0 Å². The maximum absolute atomic E-state index is 11.4. The molecule has 0 aromatic heterocycles. The summed E-state index contributed by atoms with van der Waals surface area (Å²) >= 11 is 3.17. The summed E-state index contributed by atoms with van der Waals surface area (Å²) in [7, 11) is 2.72. The van der Waals surface area contributed by atoms with Crippen LogP contribution < -0.4 is 4.74 Å². The fourth-order valence-corrected chi connectivity index (χ4v) is 1.69. The minimum Gasteiger partial charge on any atom is -0.496 e. The maximum atomic E-state index is 11.4. The first kappa shape index (κ1) is 11.5. The molecule has 15 heavy (non-hydrogen) atoms. The molecule has 0 aliphatic rings. The zero-order valence-corrected chi connectivity index (χ0v) is 9.79. The van der Waals surface area contributed by atoms with Crippen LogP contribution in [0.1, 0.15) is 15.9 Å². The summed E-state index contributed by atoms with van der Waals surface area (Å²) in [6.45, 7) is 0. The van der Waals surface area contributed by atoms with Gasteiger partial charge in [0.2, 0.25) is 0 Å². The van der Waals surface area contributed by atoms with Gasteiger partial charge in [0.1, 0.15) is 17.4 Å². The van der Waals surface area contributed by atoms with Crippen molar-refractivity contribution in [3.8, 4) is 11.8 Å². The number of carbonyl (C=O) groups is 1. The molecule has 4 nitrogen and oxygen atoms in total. The molecule has 0 bridgehead atoms. The van der Waals surface area contributed by atoms with Crippen LogP contribution in [0.15, 0.2) is 16.6 Å². The number of benzene rings is 1. The Balaban J connectivity index is 3.44. The van der Waals surface area contributed by atoms with Gasteiger partial charge < -0.3 is 9.47 Å². The Bertz CT molecular complexity index is 437. The number of hydrogen-bond donors (Lipinski definition) is 0. The van der Waals surface area contributed by atoms with Gasteiger partial charge in [0.05, 0.1) is 24.3 Å². The van der Waals surface area contributed by atoms with E-state index in [0.717, 1.165) is 0 Å². The average molecular weight is 270 g/mol. The third kappa shape index (κ3) is 2.10. The predicted octanol–water partition coefficient (Wildman–Crippen LogP) is 2.12. The van der Waals surface area contributed by atoms with Gasteiger partial charge in [-0.15, -0.1) is 0 Å². The number of rotatable bonds is 2. The molecule has 0 spiro atoms. The Hall–Kier alpha value is -1.54. The van der Waals surface area contributed by atoms with Crippen molar-refractivity contribution in [2.75, 3.05) is 14.2 Å². The largest absolute Gasteiger partial charge is 0.496 e. The Kier molecular flexibility index (Phi) is 3.69. The first-order chi connectivity index (χ1) is 7.15. The standard InChI is InChI=1S/C10H8BrNO3/c1-14-7-4-3-6(5-12)9(11)8(7)10(13)15-2/h3-4H,1-2H3. The highest BCUT2D eigenvalue weighted by Gasteiger charge is 2.19. The van der Waals surface area contributed by atoms with E-state index in [9.17, 15) is 4.79 Å². The third-order valence-electron chi connectivity index (χ3n) is 1.83. The van der Waals surface area contributed by atoms with Crippen LogP contribution in [-0.2, 0) is 4.74 Å². The van der Waals surface area contributed by atoms with E-state index in [4.69, 9.17) is 10.00 Å². The minimum absolute atomic E-state index is 0.221. The lowest BCUT2D eigenvalue weighted by Gasteiger charge is -2.09. The van der Waals surface area contributed by atoms with E-state index in [1.54, 1.807) is 12.1 Å². The molecule has 0 heterocycles. The molecular weight excluding hydrogens is 262 g/mol. The first-order valence-electron chi connectivity index (χ1n) is 4.00. The lowest BCUT2D eigenvalue weighted by molar-refractivity contribution is 0.0596. The summed E-state index contributed by atoms with van der Waals surface area (Å²) in [6.07, 6.45) is 0. The molecule has 0 radical (unpaired) electrons. The van der Waals surface area contributed by atoms with Gasteiger partial charge in [-0.05, 0) is 28.1 Å². The topological polar surface area (TPSA) is 59.3 Å². The first-order valence-corrected chi connectivity index (χ1v) is 4.80. The average Bonchev–Trinajstić information content (AvgIpc) is 2.27. The lowest BCUT2D eigenvalue weighted by atomic mass is 10.1. The van der Waals surface area contributed by atoms with Crippen LogP contribution in [0.4, 0.5) is 0 Å². The summed E-state index contributed by atoms with van der Waals surface area (Å²) in [6, 6.07) is 5.07. The van der Waals surface area contributed by atoms with E-state index in [2.05, 4.69) is 20.7 Å². The van der Waals surface area contributed by atoms with Crippen molar-refractivity contribution in [1.29, 1.82) is 5.26 Å². The molecule has 0 N–H and O–H groups in total. The van der Waals surface area contributed by atoms with Crippen molar-refractivity contribution in [3.63, 3.8) is 0 Å². The van der Waals surface area contributed by atoms with E-state index >= 15 is 0 Å². The number of hydrogen-bond acceptors (Lipinski definition) is 4. The van der Waals surface area contributed by atoms with Gasteiger partial charge >= 0.3 is 5.97 Å². The third-order valence-corrected chi connectivity index (χ3v) is 2.66. The molecule has 0 aliphatic carbocycles. The van der Waals surface area contributed by atoms with Crippen LogP contribution in [0.2, 0.25) is 0 Å². The summed E-state index contributed by atoms with van der Waals surface area (Å²) in [5, 5.41) is 8.79. The van der Waals surface area contributed by atoms with E-state index in [-0.39, 0.29) is 5.56 Å². The molecule has 1 aromatic rings. The quantitative estimate of drug-likeness (QED) is 0.772. The Morgan fingerprint density at radius 1 is 1.47 bits per heavy atom. The number of carbonyl (C=O) groups excluding carboxylic acids is 1. The molecule has 0 atom stereocenters. The molecular formula is C10H8BrNO3. The summed E-state index contributed by atoms with van der Waals surface area (Å²) in [5.41, 5.74) is 0.579. The van der Waals surface area contributed by atoms with E-state index in [1.807, 2.05) is 6.07 Å². The second-order valence-corrected chi connectivity index (χ2v) is 3.40. The SMILES string of the molecule is COC(=O)c1c(OC)ccc(C#N)c1Br. The van der Waals surface area contributed by atoms with Crippen molar-refractivity contribution in [1.82, 2.24) is 0 Å². The van der Waals surface area contributed by atoms with Gasteiger partial charge in [-0.25, -0.2) is 4.79 Å². The molecule has 5 heteroatoms. The van der Waals surface area contributed by atoms with E-state index in [0.29, 0.717) is 15.8 Å². The fraction of sp³-hybridized carbons (Fsp3) is 0.200. The van der Waals surface area contributed by atoms with Crippen LogP contribution in [0.5, 0.6) is 5.75 Å². The smallest absolute Gasteiger partial charge is 0.342 e. The second kappa shape index (κ2) is 4.80. The van der Waals surface area contributed by atoms with Crippen molar-refractivity contribution >= 4 is 21.9 Å². The molecule has 0 fully saturated rings. The van der Waals surface area contributed by atoms with Gasteiger partial charge in [0, 0.05) is 0 Å². The molecule has 78 valence electrons. The van der Waals surface area contributed by atoms with Crippen molar-refractivity contribution in [2.24, 2.45) is 0 Å². The zero-order valence-electron chi connectivity index (χ0n) is 8.20. The molecule has 1 aromatic carbocycles. The molecule has 0 unspecified atom stereocenters. The van der Waals surface area contributed by atoms with E-state index < -0.39 is 5.97 Å². The molecule has 0 saturated heterocycles. The van der Waals surface area contributed by atoms with Crippen LogP contribution >= 0.6 is 15.9 Å². The van der Waals surface area contributed by atoms with Gasteiger partial charge in [0.15, 0.2) is 0 Å². The predicted molar refractivity (Wildman–Crippen MR) is 56.7 cm³/mol. The van der Waals surface area contributed by atoms with Gasteiger partial charge in [-0.1, -0.05) is 0 Å². The highest BCUT2D eigenvalue weighted by atomic mass is 79.9. The number of nitriles is 1. The minimum atomic E-state index is -0.546. The maximum Gasteiger partial charge on any atom is 0.342 e. The normalized spacial score (nSPS) is 9.20. The molecule has 0 saturated carbocycles. The lowest BCUT2D eigenvalue weighted by Crippen LogP contribution is -2.06. The fourth-order valence-electron chi connectivity index (χ4n) is 1.11. The van der Waals surface area contributed by atoms with Gasteiger partial charge in [0.25, 0.3) is 0 Å². The van der Waals surface area contributed by atoms with Gasteiger partial charge in [-0.3, -0.25) is 0 Å². The second-order valence-electron chi connectivity index (χ2n) is 2.61. The monoisotopic (exact) mass is 269 g/mol. The highest BCUT2D eigenvalue weighted by molar-refractivity contribution is 9.10. The number of nitrogens with zero attached hydrogens (tertiary/aromatic N) is 1. The molecule has 0 amide bonds. The number of halogens is 1.